The highest BCUT2D eigenvalue weighted by Gasteiger charge is 2.31. The zero-order valence-corrected chi connectivity index (χ0v) is 23.8. The molecule has 10 nitrogen and oxygen atoms in total. The van der Waals surface area contributed by atoms with E-state index in [1.807, 2.05) is 44.2 Å². The number of nitrogens with one attached hydrogen (secondary N) is 1. The third-order valence-electron chi connectivity index (χ3n) is 6.40. The van der Waals surface area contributed by atoms with E-state index in [2.05, 4.69) is 5.32 Å². The molecule has 0 bridgehead atoms. The fourth-order valence-corrected chi connectivity index (χ4v) is 5.95. The van der Waals surface area contributed by atoms with Gasteiger partial charge in [0.1, 0.15) is 5.75 Å². The van der Waals surface area contributed by atoms with Crippen LogP contribution >= 0.6 is 0 Å². The Bertz CT molecular complexity index is 1410. The van der Waals surface area contributed by atoms with Crippen LogP contribution in [0.25, 0.3) is 0 Å². The smallest absolute Gasteiger partial charge is 0.269 e. The number of nitro benzene ring substituents is 1. The third kappa shape index (κ3) is 7.87. The summed E-state index contributed by atoms with van der Waals surface area (Å²) in [6.45, 7) is 5.24. The zero-order valence-electron chi connectivity index (χ0n) is 23.0. The van der Waals surface area contributed by atoms with Gasteiger partial charge in [0.15, 0.2) is 0 Å². The van der Waals surface area contributed by atoms with Crippen molar-refractivity contribution in [2.24, 2.45) is 5.92 Å². The Morgan fingerprint density at radius 1 is 1.05 bits per heavy atom. The molecule has 0 aromatic heterocycles. The Balaban J connectivity index is 1.91. The van der Waals surface area contributed by atoms with E-state index >= 15 is 0 Å². The van der Waals surface area contributed by atoms with E-state index in [0.29, 0.717) is 11.3 Å². The summed E-state index contributed by atoms with van der Waals surface area (Å²) in [5.74, 6) is -0.0486. The molecule has 0 aliphatic carbocycles. The molecule has 0 saturated carbocycles. The Morgan fingerprint density at radius 2 is 1.70 bits per heavy atom. The molecule has 1 amide bonds. The summed E-state index contributed by atoms with van der Waals surface area (Å²) in [6.07, 6.45) is -1.04. The first-order valence-corrected chi connectivity index (χ1v) is 14.3. The molecule has 0 aliphatic rings. The SMILES string of the molecule is COc1ccc(S(=O)(=O)N(CC(C)C)CC(O)C(Cc2ccccc2)NC(=O)c2ccc([N+](=O)[O-])cc2C)cc1. The number of aryl methyl sites for hydroxylation is 1. The number of methoxy groups -OCH3 is 1. The van der Waals surface area contributed by atoms with Crippen molar-refractivity contribution in [1.82, 2.24) is 9.62 Å². The summed E-state index contributed by atoms with van der Waals surface area (Å²) >= 11 is 0. The normalized spacial score (nSPS) is 13.2. The van der Waals surface area contributed by atoms with E-state index < -0.39 is 33.0 Å². The van der Waals surface area contributed by atoms with Gasteiger partial charge in [-0.25, -0.2) is 8.42 Å². The molecule has 2 atom stereocenters. The van der Waals surface area contributed by atoms with Gasteiger partial charge in [0.25, 0.3) is 11.6 Å². The van der Waals surface area contributed by atoms with Crippen molar-refractivity contribution in [1.29, 1.82) is 0 Å². The van der Waals surface area contributed by atoms with Gasteiger partial charge in [0.05, 0.1) is 29.1 Å². The Labute approximate surface area is 234 Å². The molecular weight excluding hydrogens is 534 g/mol. The minimum Gasteiger partial charge on any atom is -0.497 e. The van der Waals surface area contributed by atoms with Crippen molar-refractivity contribution < 1.29 is 28.0 Å². The number of nitro groups is 1. The molecule has 2 unspecified atom stereocenters. The molecule has 0 spiro atoms. The van der Waals surface area contributed by atoms with Crippen molar-refractivity contribution >= 4 is 21.6 Å². The van der Waals surface area contributed by atoms with Crippen molar-refractivity contribution in [2.45, 2.75) is 44.2 Å². The predicted molar refractivity (Wildman–Crippen MR) is 152 cm³/mol. The summed E-state index contributed by atoms with van der Waals surface area (Å²) in [6, 6.07) is 18.3. The zero-order chi connectivity index (χ0) is 29.4. The highest BCUT2D eigenvalue weighted by atomic mass is 32.2. The molecule has 214 valence electrons. The molecule has 3 aromatic carbocycles. The van der Waals surface area contributed by atoms with Crippen LogP contribution in [0.2, 0.25) is 0 Å². The van der Waals surface area contributed by atoms with Crippen LogP contribution in [0.4, 0.5) is 5.69 Å². The molecule has 0 saturated heterocycles. The van der Waals surface area contributed by atoms with Gasteiger partial charge in [0.2, 0.25) is 10.0 Å². The van der Waals surface area contributed by atoms with Crippen LogP contribution in [-0.4, -0.2) is 61.0 Å². The summed E-state index contributed by atoms with van der Waals surface area (Å²) in [5.41, 5.74) is 1.33. The maximum atomic E-state index is 13.6. The van der Waals surface area contributed by atoms with Gasteiger partial charge >= 0.3 is 0 Å². The van der Waals surface area contributed by atoms with E-state index in [-0.39, 0.29) is 41.6 Å². The van der Waals surface area contributed by atoms with E-state index in [1.165, 1.54) is 41.7 Å². The first-order chi connectivity index (χ1) is 18.9. The van der Waals surface area contributed by atoms with Gasteiger partial charge in [-0.15, -0.1) is 0 Å². The highest BCUT2D eigenvalue weighted by molar-refractivity contribution is 7.89. The second-order valence-corrected chi connectivity index (χ2v) is 11.9. The minimum absolute atomic E-state index is 0.0369. The summed E-state index contributed by atoms with van der Waals surface area (Å²) in [5, 5.41) is 25.3. The lowest BCUT2D eigenvalue weighted by Crippen LogP contribution is -2.51. The number of nitrogens with zero attached hydrogens (tertiary/aromatic N) is 2. The molecule has 40 heavy (non-hydrogen) atoms. The number of benzene rings is 3. The molecule has 3 rings (SSSR count). The number of carbonyl (C=O) groups is 1. The number of ether oxygens (including phenoxy) is 1. The molecule has 11 heteroatoms. The molecule has 0 fully saturated rings. The molecule has 2 N–H and O–H groups in total. The van der Waals surface area contributed by atoms with Crippen LogP contribution in [0.5, 0.6) is 5.75 Å². The summed E-state index contributed by atoms with van der Waals surface area (Å²) in [4.78, 5) is 23.9. The van der Waals surface area contributed by atoms with E-state index in [0.717, 1.165) is 5.56 Å². The van der Waals surface area contributed by atoms with Crippen LogP contribution < -0.4 is 10.1 Å². The predicted octanol–water partition coefficient (Wildman–Crippen LogP) is 3.96. The number of hydrogen-bond donors (Lipinski definition) is 2. The number of sulfonamides is 1. The molecule has 0 aliphatic heterocycles. The number of rotatable bonds is 13. The summed E-state index contributed by atoms with van der Waals surface area (Å²) in [7, 11) is -2.49. The van der Waals surface area contributed by atoms with E-state index in [9.17, 15) is 28.4 Å². The lowest BCUT2D eigenvalue weighted by atomic mass is 9.99. The molecule has 0 heterocycles. The third-order valence-corrected chi connectivity index (χ3v) is 8.25. The number of carbonyl (C=O) groups excluding carboxylic acids is 1. The lowest BCUT2D eigenvalue weighted by Gasteiger charge is -2.31. The van der Waals surface area contributed by atoms with Gasteiger partial charge in [-0.3, -0.25) is 14.9 Å². The van der Waals surface area contributed by atoms with Crippen molar-refractivity contribution in [3.05, 3.63) is 99.6 Å². The van der Waals surface area contributed by atoms with Gasteiger partial charge in [-0.1, -0.05) is 44.2 Å². The number of non-ortho nitro benzene ring substituents is 1. The van der Waals surface area contributed by atoms with Gasteiger partial charge in [-0.05, 0) is 60.7 Å². The van der Waals surface area contributed by atoms with Gasteiger partial charge in [-0.2, -0.15) is 4.31 Å². The maximum absolute atomic E-state index is 13.6. The minimum atomic E-state index is -3.98. The Morgan fingerprint density at radius 3 is 2.25 bits per heavy atom. The van der Waals surface area contributed by atoms with E-state index in [1.54, 1.807) is 19.1 Å². The fourth-order valence-electron chi connectivity index (χ4n) is 4.32. The van der Waals surface area contributed by atoms with Crippen LogP contribution in [0, 0.1) is 23.0 Å². The van der Waals surface area contributed by atoms with Crippen LogP contribution in [0.15, 0.2) is 77.7 Å². The molecular formula is C29H35N3O7S. The maximum Gasteiger partial charge on any atom is 0.269 e. The monoisotopic (exact) mass is 569 g/mol. The lowest BCUT2D eigenvalue weighted by molar-refractivity contribution is -0.384. The Kier molecular flexibility index (Phi) is 10.4. The highest BCUT2D eigenvalue weighted by Crippen LogP contribution is 2.22. The standard InChI is InChI=1S/C29H35N3O7S/c1-20(2)18-31(40(37,38)25-13-11-24(39-4)12-14-25)19-28(33)27(17-22-8-6-5-7-9-22)30-29(34)26-15-10-23(32(35)36)16-21(26)3/h5-16,20,27-28,33H,17-19H2,1-4H3,(H,30,34). The van der Waals surface area contributed by atoms with Gasteiger partial charge < -0.3 is 15.2 Å². The van der Waals surface area contributed by atoms with Crippen molar-refractivity contribution in [3.8, 4) is 5.75 Å². The average molecular weight is 570 g/mol. The van der Waals surface area contributed by atoms with E-state index in [4.69, 9.17) is 4.74 Å². The fraction of sp³-hybridized carbons (Fsp3) is 0.345. The number of hydrogen-bond acceptors (Lipinski definition) is 7. The second-order valence-electron chi connectivity index (χ2n) is 9.98. The number of amides is 1. The molecule has 0 radical (unpaired) electrons. The van der Waals surface area contributed by atoms with Crippen molar-refractivity contribution in [2.75, 3.05) is 20.2 Å². The van der Waals surface area contributed by atoms with Crippen LogP contribution in [0.3, 0.4) is 0 Å². The second kappa shape index (κ2) is 13.5. The number of aliphatic hydroxyl groups excluding tert-OH is 1. The van der Waals surface area contributed by atoms with Crippen molar-refractivity contribution in [3.63, 3.8) is 0 Å². The topological polar surface area (TPSA) is 139 Å². The largest absolute Gasteiger partial charge is 0.497 e. The van der Waals surface area contributed by atoms with Crippen LogP contribution in [0.1, 0.15) is 35.3 Å². The Hall–Kier alpha value is -3.80. The van der Waals surface area contributed by atoms with Gasteiger partial charge in [0, 0.05) is 30.8 Å². The first kappa shape index (κ1) is 30.7. The summed E-state index contributed by atoms with van der Waals surface area (Å²) < 4.78 is 33.5. The van der Waals surface area contributed by atoms with Crippen LogP contribution in [-0.2, 0) is 16.4 Å². The number of aliphatic hydroxyl groups is 1. The first-order valence-electron chi connectivity index (χ1n) is 12.8. The quantitative estimate of drug-likeness (QED) is 0.235. The molecule has 3 aromatic rings. The average Bonchev–Trinajstić information content (AvgIpc) is 2.92.